The van der Waals surface area contributed by atoms with Crippen LogP contribution in [0, 0.1) is 0 Å². The van der Waals surface area contributed by atoms with Crippen LogP contribution < -0.4 is 4.90 Å². The van der Waals surface area contributed by atoms with E-state index in [1.165, 1.54) is 0 Å². The summed E-state index contributed by atoms with van der Waals surface area (Å²) in [5, 5.41) is 10.8. The molecule has 134 valence electrons. The monoisotopic (exact) mass is 349 g/mol. The van der Waals surface area contributed by atoms with E-state index in [-0.39, 0.29) is 0 Å². The topological polar surface area (TPSA) is 52.7 Å². The van der Waals surface area contributed by atoms with Gasteiger partial charge in [0.2, 0.25) is 0 Å². The van der Waals surface area contributed by atoms with E-state index in [4.69, 9.17) is 4.42 Å². The lowest BCUT2D eigenvalue weighted by Gasteiger charge is -2.37. The summed E-state index contributed by atoms with van der Waals surface area (Å²) in [6.45, 7) is 4.63. The fourth-order valence-corrected chi connectivity index (χ4v) is 3.47. The largest absolute Gasteiger partial charge is 0.468 e. The Hall–Kier alpha value is -2.63. The van der Waals surface area contributed by atoms with Crippen molar-refractivity contribution in [3.63, 3.8) is 0 Å². The number of nitrogens with zero attached hydrogens (tertiary/aromatic N) is 3. The van der Waals surface area contributed by atoms with Crippen molar-refractivity contribution in [2.75, 3.05) is 31.1 Å². The Kier molecular flexibility index (Phi) is 5.00. The van der Waals surface area contributed by atoms with Crippen LogP contribution in [0.25, 0.3) is 0 Å². The van der Waals surface area contributed by atoms with Gasteiger partial charge in [-0.05, 0) is 30.3 Å². The molecule has 0 aliphatic carbocycles. The normalized spacial score (nSPS) is 16.6. The summed E-state index contributed by atoms with van der Waals surface area (Å²) in [5.74, 6) is 1.00. The Morgan fingerprint density at radius 1 is 0.962 bits per heavy atom. The quantitative estimate of drug-likeness (QED) is 0.767. The number of piperazine rings is 1. The molecule has 1 aromatic carbocycles. The Morgan fingerprint density at radius 3 is 2.50 bits per heavy atom. The van der Waals surface area contributed by atoms with Gasteiger partial charge in [0.1, 0.15) is 11.9 Å². The van der Waals surface area contributed by atoms with E-state index in [9.17, 15) is 5.11 Å². The molecule has 3 aromatic rings. The van der Waals surface area contributed by atoms with Gasteiger partial charge in [0.15, 0.2) is 0 Å². The van der Waals surface area contributed by atoms with Crippen LogP contribution in [0.5, 0.6) is 0 Å². The van der Waals surface area contributed by atoms with Crippen molar-refractivity contribution in [3.8, 4) is 0 Å². The van der Waals surface area contributed by atoms with Crippen LogP contribution in [0.1, 0.15) is 23.1 Å². The third-order valence-corrected chi connectivity index (χ3v) is 4.87. The SMILES string of the molecule is OC(c1ccccn1)c1ccccc1N1CCN(Cc2ccco2)CC1. The predicted molar refractivity (Wildman–Crippen MR) is 101 cm³/mol. The summed E-state index contributed by atoms with van der Waals surface area (Å²) in [4.78, 5) is 9.05. The highest BCUT2D eigenvalue weighted by atomic mass is 16.3. The van der Waals surface area contributed by atoms with Crippen molar-refractivity contribution in [1.29, 1.82) is 0 Å². The lowest BCUT2D eigenvalue weighted by molar-refractivity contribution is 0.213. The van der Waals surface area contributed by atoms with E-state index < -0.39 is 6.10 Å². The van der Waals surface area contributed by atoms with Crippen molar-refractivity contribution >= 4 is 5.69 Å². The first-order valence-electron chi connectivity index (χ1n) is 8.99. The summed E-state index contributed by atoms with van der Waals surface area (Å²) in [7, 11) is 0. The highest BCUT2D eigenvalue weighted by Crippen LogP contribution is 2.30. The van der Waals surface area contributed by atoms with E-state index in [2.05, 4.69) is 20.9 Å². The molecule has 0 radical (unpaired) electrons. The summed E-state index contributed by atoms with van der Waals surface area (Å²) in [6.07, 6.45) is 2.73. The molecule has 26 heavy (non-hydrogen) atoms. The minimum atomic E-state index is -0.714. The number of benzene rings is 1. The fraction of sp³-hybridized carbons (Fsp3) is 0.286. The molecular weight excluding hydrogens is 326 g/mol. The third kappa shape index (κ3) is 3.64. The molecule has 1 fully saturated rings. The van der Waals surface area contributed by atoms with Crippen molar-refractivity contribution < 1.29 is 9.52 Å². The second-order valence-corrected chi connectivity index (χ2v) is 6.56. The van der Waals surface area contributed by atoms with E-state index in [1.54, 1.807) is 12.5 Å². The second-order valence-electron chi connectivity index (χ2n) is 6.56. The zero-order valence-electron chi connectivity index (χ0n) is 14.7. The Morgan fingerprint density at radius 2 is 1.77 bits per heavy atom. The molecule has 4 rings (SSSR count). The van der Waals surface area contributed by atoms with Gasteiger partial charge in [-0.15, -0.1) is 0 Å². The number of rotatable bonds is 5. The van der Waals surface area contributed by atoms with Crippen LogP contribution >= 0.6 is 0 Å². The number of aliphatic hydroxyl groups excluding tert-OH is 1. The number of anilines is 1. The van der Waals surface area contributed by atoms with Gasteiger partial charge in [0.25, 0.3) is 0 Å². The zero-order valence-corrected chi connectivity index (χ0v) is 14.7. The number of aliphatic hydroxyl groups is 1. The molecule has 2 aromatic heterocycles. The van der Waals surface area contributed by atoms with Crippen LogP contribution in [-0.4, -0.2) is 41.2 Å². The van der Waals surface area contributed by atoms with Crippen molar-refractivity contribution in [3.05, 3.63) is 84.1 Å². The minimum absolute atomic E-state index is 0.677. The molecule has 5 nitrogen and oxygen atoms in total. The molecule has 0 saturated carbocycles. The van der Waals surface area contributed by atoms with E-state index in [0.29, 0.717) is 5.69 Å². The van der Waals surface area contributed by atoms with Gasteiger partial charge < -0.3 is 14.4 Å². The molecule has 1 aliphatic rings. The fourth-order valence-electron chi connectivity index (χ4n) is 3.47. The maximum absolute atomic E-state index is 10.8. The summed E-state index contributed by atoms with van der Waals surface area (Å²) in [6, 6.07) is 17.7. The minimum Gasteiger partial charge on any atom is -0.468 e. The number of para-hydroxylation sites is 1. The summed E-state index contributed by atoms with van der Waals surface area (Å²) >= 11 is 0. The predicted octanol–water partition coefficient (Wildman–Crippen LogP) is 3.08. The van der Waals surface area contributed by atoms with Crippen molar-refractivity contribution in [2.24, 2.45) is 0 Å². The van der Waals surface area contributed by atoms with E-state index in [0.717, 1.165) is 49.7 Å². The first-order valence-corrected chi connectivity index (χ1v) is 8.99. The number of hydrogen-bond donors (Lipinski definition) is 1. The van der Waals surface area contributed by atoms with Crippen LogP contribution in [0.2, 0.25) is 0 Å². The molecule has 0 spiro atoms. The van der Waals surface area contributed by atoms with E-state index >= 15 is 0 Å². The first kappa shape index (κ1) is 16.8. The molecule has 5 heteroatoms. The van der Waals surface area contributed by atoms with Crippen LogP contribution in [0.15, 0.2) is 71.5 Å². The van der Waals surface area contributed by atoms with E-state index in [1.807, 2.05) is 48.5 Å². The van der Waals surface area contributed by atoms with Crippen LogP contribution in [0.4, 0.5) is 5.69 Å². The lowest BCUT2D eigenvalue weighted by Crippen LogP contribution is -2.46. The number of pyridine rings is 1. The van der Waals surface area contributed by atoms with Gasteiger partial charge in [-0.2, -0.15) is 0 Å². The molecule has 1 saturated heterocycles. The maximum Gasteiger partial charge on any atom is 0.123 e. The lowest BCUT2D eigenvalue weighted by atomic mass is 10.0. The number of furan rings is 1. The molecular formula is C21H23N3O2. The van der Waals surface area contributed by atoms with Gasteiger partial charge in [0.05, 0.1) is 18.5 Å². The summed E-state index contributed by atoms with van der Waals surface area (Å²) in [5.41, 5.74) is 2.67. The molecule has 1 N–H and O–H groups in total. The molecule has 1 atom stereocenters. The van der Waals surface area contributed by atoms with Gasteiger partial charge in [-0.3, -0.25) is 9.88 Å². The molecule has 0 bridgehead atoms. The first-order chi connectivity index (χ1) is 12.8. The molecule has 1 aliphatic heterocycles. The number of aromatic nitrogens is 1. The molecule has 3 heterocycles. The highest BCUT2D eigenvalue weighted by molar-refractivity contribution is 5.56. The van der Waals surface area contributed by atoms with Gasteiger partial charge in [0, 0.05) is 43.6 Å². The Balaban J connectivity index is 1.47. The van der Waals surface area contributed by atoms with Crippen molar-refractivity contribution in [1.82, 2.24) is 9.88 Å². The van der Waals surface area contributed by atoms with Crippen LogP contribution in [-0.2, 0) is 6.54 Å². The average Bonchev–Trinajstić information content (AvgIpc) is 3.22. The molecule has 1 unspecified atom stereocenters. The maximum atomic E-state index is 10.8. The highest BCUT2D eigenvalue weighted by Gasteiger charge is 2.23. The van der Waals surface area contributed by atoms with Gasteiger partial charge in [-0.1, -0.05) is 24.3 Å². The van der Waals surface area contributed by atoms with Crippen LogP contribution in [0.3, 0.4) is 0 Å². The average molecular weight is 349 g/mol. The zero-order chi connectivity index (χ0) is 17.8. The number of hydrogen-bond acceptors (Lipinski definition) is 5. The summed E-state index contributed by atoms with van der Waals surface area (Å²) < 4.78 is 5.45. The van der Waals surface area contributed by atoms with Gasteiger partial charge >= 0.3 is 0 Å². The third-order valence-electron chi connectivity index (χ3n) is 4.87. The van der Waals surface area contributed by atoms with Crippen molar-refractivity contribution in [2.45, 2.75) is 12.6 Å². The standard InChI is InChI=1S/C21H23N3O2/c25-21(19-8-3-4-10-22-19)18-7-1-2-9-20(18)24-13-11-23(12-14-24)16-17-6-5-15-26-17/h1-10,15,21,25H,11-14,16H2. The Bertz CT molecular complexity index is 812. The second kappa shape index (κ2) is 7.72. The molecule has 0 amide bonds. The van der Waals surface area contributed by atoms with Gasteiger partial charge in [-0.25, -0.2) is 0 Å². The Labute approximate surface area is 153 Å². The smallest absolute Gasteiger partial charge is 0.123 e.